The third kappa shape index (κ3) is 12.8. The van der Waals surface area contributed by atoms with E-state index in [9.17, 15) is 0 Å². The number of halogens is 2. The van der Waals surface area contributed by atoms with Crippen molar-refractivity contribution in [1.82, 2.24) is 5.32 Å². The van der Waals surface area contributed by atoms with Crippen LogP contribution in [0.15, 0.2) is 0 Å². The molecule has 1 rings (SSSR count). The summed E-state index contributed by atoms with van der Waals surface area (Å²) in [4.78, 5) is 0. The molecule has 1 aliphatic heterocycles. The molecule has 1 nitrogen and oxygen atoms in total. The van der Waals surface area contributed by atoms with Crippen LogP contribution in [-0.2, 0) is 19.5 Å². The number of hydrogen-bond acceptors (Lipinski definition) is 1. The van der Waals surface area contributed by atoms with Crippen molar-refractivity contribution in [3.05, 3.63) is 0 Å². The van der Waals surface area contributed by atoms with Crippen molar-refractivity contribution in [2.24, 2.45) is 0 Å². The van der Waals surface area contributed by atoms with Gasteiger partial charge in [0, 0.05) is 11.1 Å². The van der Waals surface area contributed by atoms with Crippen LogP contribution in [0.2, 0.25) is 0 Å². The van der Waals surface area contributed by atoms with Gasteiger partial charge in [-0.3, -0.25) is 0 Å². The standard InChI is InChI=1S/C9H19N.2ClH.Li.Mg.Zn/c1-8(2)6-5-7-9(3,4)10-8;;;;;/h10H,5-7H2,1-4H3;2*1H;;;/q;;;+1;2*+2/p-2. The summed E-state index contributed by atoms with van der Waals surface area (Å²) >= 11 is 0. The molecule has 0 amide bonds. The van der Waals surface area contributed by atoms with E-state index in [0.717, 1.165) is 0 Å². The van der Waals surface area contributed by atoms with Crippen LogP contribution < -0.4 is 49.0 Å². The molecule has 1 saturated heterocycles. The maximum atomic E-state index is 3.63. The first-order chi connectivity index (χ1) is 4.41. The van der Waals surface area contributed by atoms with Crippen molar-refractivity contribution in [2.45, 2.75) is 58.0 Å². The van der Waals surface area contributed by atoms with Gasteiger partial charge in [-0.1, -0.05) is 0 Å². The summed E-state index contributed by atoms with van der Waals surface area (Å²) in [6.07, 6.45) is 4.00. The summed E-state index contributed by atoms with van der Waals surface area (Å²) in [6.45, 7) is 9.14. The van der Waals surface area contributed by atoms with Crippen LogP contribution in [-0.4, -0.2) is 34.1 Å². The molecular formula is C9H19Cl2LiMgNZn+3. The second-order valence-corrected chi connectivity index (χ2v) is 4.75. The summed E-state index contributed by atoms with van der Waals surface area (Å²) in [5.74, 6) is 0. The monoisotopic (exact) mass is 306 g/mol. The van der Waals surface area contributed by atoms with E-state index in [1.165, 1.54) is 19.3 Å². The predicted octanol–water partition coefficient (Wildman–Crippen LogP) is -7.05. The van der Waals surface area contributed by atoms with Gasteiger partial charge in [-0.15, -0.1) is 0 Å². The van der Waals surface area contributed by atoms with Crippen molar-refractivity contribution in [3.63, 3.8) is 0 Å². The number of rotatable bonds is 0. The Morgan fingerprint density at radius 1 is 0.867 bits per heavy atom. The van der Waals surface area contributed by atoms with Crippen molar-refractivity contribution in [3.8, 4) is 0 Å². The summed E-state index contributed by atoms with van der Waals surface area (Å²) in [5.41, 5.74) is 0.726. The Hall–Kier alpha value is 2.53. The smallest absolute Gasteiger partial charge is 1.00 e. The van der Waals surface area contributed by atoms with E-state index < -0.39 is 0 Å². The van der Waals surface area contributed by atoms with Crippen LogP contribution in [0, 0.1) is 0 Å². The zero-order valence-corrected chi connectivity index (χ0v) is 16.7. The van der Waals surface area contributed by atoms with Crippen LogP contribution >= 0.6 is 0 Å². The molecule has 76 valence electrons. The molecule has 0 aliphatic carbocycles. The van der Waals surface area contributed by atoms with Gasteiger partial charge in [0.05, 0.1) is 0 Å². The Balaban J connectivity index is -0.0000000667. The molecule has 0 radical (unpaired) electrons. The number of nitrogens with one attached hydrogen (secondary N) is 1. The third-order valence-corrected chi connectivity index (χ3v) is 2.28. The first-order valence-electron chi connectivity index (χ1n) is 4.21. The minimum absolute atomic E-state index is 0. The van der Waals surface area contributed by atoms with Crippen LogP contribution in [0.25, 0.3) is 0 Å². The van der Waals surface area contributed by atoms with Gasteiger partial charge < -0.3 is 30.1 Å². The van der Waals surface area contributed by atoms with E-state index in [0.29, 0.717) is 11.1 Å². The molecule has 0 atom stereocenters. The van der Waals surface area contributed by atoms with Crippen LogP contribution in [0.5, 0.6) is 0 Å². The molecule has 6 heteroatoms. The molecule has 1 N–H and O–H groups in total. The molecule has 0 aromatic rings. The van der Waals surface area contributed by atoms with Gasteiger partial charge in [0.25, 0.3) is 0 Å². The number of piperidine rings is 1. The SMILES string of the molecule is CC1(C)CCCC(C)(C)N1.[Cl-].[Cl-].[Li+].[Mg+2].[Zn+2]. The third-order valence-electron chi connectivity index (χ3n) is 2.28. The fourth-order valence-corrected chi connectivity index (χ4v) is 2.01. The minimum atomic E-state index is 0. The van der Waals surface area contributed by atoms with Gasteiger partial charge >= 0.3 is 61.4 Å². The van der Waals surface area contributed by atoms with Crippen LogP contribution in [0.3, 0.4) is 0 Å². The van der Waals surface area contributed by atoms with Crippen molar-refractivity contribution < 1.29 is 63.2 Å². The molecule has 0 spiro atoms. The second kappa shape index (κ2) is 11.6. The van der Waals surface area contributed by atoms with E-state index in [4.69, 9.17) is 0 Å². The van der Waals surface area contributed by atoms with Crippen LogP contribution in [0.4, 0.5) is 0 Å². The van der Waals surface area contributed by atoms with Crippen molar-refractivity contribution in [2.75, 3.05) is 0 Å². The maximum absolute atomic E-state index is 3.63. The van der Waals surface area contributed by atoms with E-state index >= 15 is 0 Å². The average Bonchev–Trinajstić information content (AvgIpc) is 1.56. The molecule has 0 saturated carbocycles. The molecule has 0 aromatic carbocycles. The van der Waals surface area contributed by atoms with E-state index in [2.05, 4.69) is 33.0 Å². The van der Waals surface area contributed by atoms with Gasteiger partial charge in [-0.05, 0) is 47.0 Å². The predicted molar refractivity (Wildman–Crippen MR) is 50.9 cm³/mol. The van der Waals surface area contributed by atoms with Gasteiger partial charge in [0.15, 0.2) is 0 Å². The fourth-order valence-electron chi connectivity index (χ4n) is 2.01. The van der Waals surface area contributed by atoms with E-state index in [-0.39, 0.29) is 86.2 Å². The van der Waals surface area contributed by atoms with Gasteiger partial charge in [-0.25, -0.2) is 0 Å². The zero-order chi connectivity index (χ0) is 7.83. The minimum Gasteiger partial charge on any atom is -1.00 e. The molecule has 0 aromatic heterocycles. The van der Waals surface area contributed by atoms with Gasteiger partial charge in [0.1, 0.15) is 0 Å². The molecule has 1 heterocycles. The number of hydrogen-bond donors (Lipinski definition) is 1. The average molecular weight is 309 g/mol. The van der Waals surface area contributed by atoms with Gasteiger partial charge in [-0.2, -0.15) is 0 Å². The van der Waals surface area contributed by atoms with Crippen molar-refractivity contribution >= 4 is 23.1 Å². The Kier molecular flexibility index (Phi) is 23.6. The molecule has 0 unspecified atom stereocenters. The van der Waals surface area contributed by atoms with Crippen molar-refractivity contribution in [1.29, 1.82) is 0 Å². The van der Waals surface area contributed by atoms with E-state index in [1.54, 1.807) is 0 Å². The Morgan fingerprint density at radius 3 is 1.27 bits per heavy atom. The molecule has 15 heavy (non-hydrogen) atoms. The Morgan fingerprint density at radius 2 is 1.13 bits per heavy atom. The Bertz CT molecular complexity index is 134. The maximum Gasteiger partial charge on any atom is 2.00 e. The first-order valence-corrected chi connectivity index (χ1v) is 4.21. The summed E-state index contributed by atoms with van der Waals surface area (Å²) in [7, 11) is 0. The normalized spacial score (nSPS) is 20.0. The van der Waals surface area contributed by atoms with Gasteiger partial charge in [0.2, 0.25) is 0 Å². The van der Waals surface area contributed by atoms with E-state index in [1.807, 2.05) is 0 Å². The zero-order valence-electron chi connectivity index (χ0n) is 10.8. The Labute approximate surface area is 148 Å². The summed E-state index contributed by atoms with van der Waals surface area (Å²) < 4.78 is 0. The second-order valence-electron chi connectivity index (χ2n) is 4.75. The largest absolute Gasteiger partial charge is 2.00 e. The topological polar surface area (TPSA) is 12.0 Å². The molecule has 0 bridgehead atoms. The molecule has 1 fully saturated rings. The first kappa shape index (κ1) is 30.5. The fraction of sp³-hybridized carbons (Fsp3) is 1.00. The molecule has 1 aliphatic rings. The molecular weight excluding hydrogens is 290 g/mol. The quantitative estimate of drug-likeness (QED) is 0.439. The summed E-state index contributed by atoms with van der Waals surface area (Å²) in [5, 5.41) is 3.63. The van der Waals surface area contributed by atoms with Crippen LogP contribution in [0.1, 0.15) is 47.0 Å². The summed E-state index contributed by atoms with van der Waals surface area (Å²) in [6, 6.07) is 0.